The van der Waals surface area contributed by atoms with E-state index in [9.17, 15) is 4.79 Å². The number of rotatable bonds is 1. The normalized spacial score (nSPS) is 16.2. The van der Waals surface area contributed by atoms with Crippen molar-refractivity contribution in [2.45, 2.75) is 32.1 Å². The molecule has 106 valence electrons. The first-order valence-electron chi connectivity index (χ1n) is 6.53. The minimum Gasteiger partial charge on any atom is -0.398 e. The molecule has 0 saturated carbocycles. The largest absolute Gasteiger partial charge is 0.398 e. The molecule has 1 aromatic carbocycles. The molecule has 0 unspecified atom stereocenters. The van der Waals surface area contributed by atoms with Gasteiger partial charge in [-0.25, -0.2) is 0 Å². The fraction of sp³-hybridized carbons (Fsp3) is 0.500. The molecule has 19 heavy (non-hydrogen) atoms. The van der Waals surface area contributed by atoms with Gasteiger partial charge in [-0.3, -0.25) is 4.79 Å². The zero-order valence-corrected chi connectivity index (χ0v) is 13.3. The summed E-state index contributed by atoms with van der Waals surface area (Å²) in [4.78, 5) is 14.4. The number of hydrogen-bond acceptors (Lipinski definition) is 2. The van der Waals surface area contributed by atoms with Crippen molar-refractivity contribution in [1.29, 1.82) is 0 Å². The zero-order chi connectivity index (χ0) is 13.0. The van der Waals surface area contributed by atoms with Crippen molar-refractivity contribution in [2.75, 3.05) is 18.8 Å². The molecule has 0 radical (unpaired) electrons. The van der Waals surface area contributed by atoms with Crippen molar-refractivity contribution in [3.05, 3.63) is 28.2 Å². The number of amides is 1. The maximum absolute atomic E-state index is 12.4. The summed E-state index contributed by atoms with van der Waals surface area (Å²) in [5.74, 6) is 0.0712. The Morgan fingerprint density at radius 2 is 1.68 bits per heavy atom. The Morgan fingerprint density at radius 1 is 1.11 bits per heavy atom. The van der Waals surface area contributed by atoms with Crippen LogP contribution in [-0.4, -0.2) is 23.9 Å². The third kappa shape index (κ3) is 4.39. The minimum atomic E-state index is 0. The number of benzene rings is 1. The highest BCUT2D eigenvalue weighted by Crippen LogP contribution is 2.21. The highest BCUT2D eigenvalue weighted by Gasteiger charge is 2.18. The van der Waals surface area contributed by atoms with E-state index in [1.807, 2.05) is 11.0 Å². The monoisotopic (exact) mass is 346 g/mol. The van der Waals surface area contributed by atoms with Crippen LogP contribution in [0, 0.1) is 0 Å². The van der Waals surface area contributed by atoms with E-state index in [1.54, 1.807) is 12.1 Å². The van der Waals surface area contributed by atoms with E-state index >= 15 is 0 Å². The number of halogens is 2. The van der Waals surface area contributed by atoms with Gasteiger partial charge in [-0.2, -0.15) is 0 Å². The number of carbonyl (C=O) groups excluding carboxylic acids is 1. The van der Waals surface area contributed by atoms with Crippen LogP contribution >= 0.6 is 28.3 Å². The van der Waals surface area contributed by atoms with Gasteiger partial charge in [0.1, 0.15) is 0 Å². The Balaban J connectivity index is 0.00000180. The van der Waals surface area contributed by atoms with Crippen LogP contribution in [0.1, 0.15) is 42.5 Å². The molecule has 1 fully saturated rings. The summed E-state index contributed by atoms with van der Waals surface area (Å²) >= 11 is 3.36. The fourth-order valence-corrected chi connectivity index (χ4v) is 2.73. The van der Waals surface area contributed by atoms with Gasteiger partial charge in [0, 0.05) is 23.2 Å². The predicted octanol–water partition coefficient (Wildman–Crippen LogP) is 3.86. The van der Waals surface area contributed by atoms with Gasteiger partial charge in [0.05, 0.1) is 5.56 Å². The molecule has 5 heteroatoms. The number of nitrogen functional groups attached to an aromatic ring is 1. The number of hydrogen-bond donors (Lipinski definition) is 1. The second-order valence-corrected chi connectivity index (χ2v) is 5.71. The number of likely N-dealkylation sites (tertiary alicyclic amines) is 1. The lowest BCUT2D eigenvalue weighted by molar-refractivity contribution is 0.0743. The molecule has 0 aromatic heterocycles. The Kier molecular flexibility index (Phi) is 6.66. The first-order chi connectivity index (χ1) is 8.68. The summed E-state index contributed by atoms with van der Waals surface area (Å²) in [6.07, 6.45) is 5.94. The summed E-state index contributed by atoms with van der Waals surface area (Å²) in [5, 5.41) is 0. The average molecular weight is 348 g/mol. The Hall–Kier alpha value is -0.740. The van der Waals surface area contributed by atoms with Gasteiger partial charge in [0.2, 0.25) is 0 Å². The van der Waals surface area contributed by atoms with E-state index in [1.165, 1.54) is 19.3 Å². The standard InChI is InChI=1S/C14H19BrN2O.ClH/c15-11-6-7-12(13(16)10-11)14(18)17-8-4-2-1-3-5-9-17;/h6-7,10H,1-5,8-9,16H2;1H. The van der Waals surface area contributed by atoms with Gasteiger partial charge in [-0.15, -0.1) is 12.4 Å². The lowest BCUT2D eigenvalue weighted by Gasteiger charge is -2.25. The predicted molar refractivity (Wildman–Crippen MR) is 84.8 cm³/mol. The van der Waals surface area contributed by atoms with Crippen LogP contribution in [0.3, 0.4) is 0 Å². The van der Waals surface area contributed by atoms with Crippen LogP contribution in [0.4, 0.5) is 5.69 Å². The van der Waals surface area contributed by atoms with E-state index in [2.05, 4.69) is 15.9 Å². The molecular weight excluding hydrogens is 328 g/mol. The second-order valence-electron chi connectivity index (χ2n) is 4.79. The molecule has 0 spiro atoms. The molecule has 1 aromatic rings. The Labute approximate surface area is 129 Å². The van der Waals surface area contributed by atoms with Crippen molar-refractivity contribution in [3.8, 4) is 0 Å². The summed E-state index contributed by atoms with van der Waals surface area (Å²) in [6.45, 7) is 1.71. The minimum absolute atomic E-state index is 0. The third-order valence-electron chi connectivity index (χ3n) is 3.39. The average Bonchev–Trinajstić information content (AvgIpc) is 2.27. The maximum Gasteiger partial charge on any atom is 0.255 e. The molecule has 0 atom stereocenters. The van der Waals surface area contributed by atoms with Gasteiger partial charge in [0.25, 0.3) is 5.91 Å². The van der Waals surface area contributed by atoms with Crippen molar-refractivity contribution < 1.29 is 4.79 Å². The zero-order valence-electron chi connectivity index (χ0n) is 10.9. The van der Waals surface area contributed by atoms with Crippen LogP contribution < -0.4 is 5.73 Å². The van der Waals surface area contributed by atoms with Crippen molar-refractivity contribution in [3.63, 3.8) is 0 Å². The van der Waals surface area contributed by atoms with Crippen LogP contribution in [0.15, 0.2) is 22.7 Å². The topological polar surface area (TPSA) is 46.3 Å². The lowest BCUT2D eigenvalue weighted by atomic mass is 10.1. The van der Waals surface area contributed by atoms with Gasteiger partial charge in [-0.1, -0.05) is 35.2 Å². The maximum atomic E-state index is 12.4. The molecule has 1 heterocycles. The summed E-state index contributed by atoms with van der Waals surface area (Å²) in [5.41, 5.74) is 7.10. The Morgan fingerprint density at radius 3 is 2.26 bits per heavy atom. The molecule has 1 aliphatic heterocycles. The number of nitrogens with zero attached hydrogens (tertiary/aromatic N) is 1. The van der Waals surface area contributed by atoms with E-state index < -0.39 is 0 Å². The first kappa shape index (κ1) is 16.3. The third-order valence-corrected chi connectivity index (χ3v) is 3.88. The number of anilines is 1. The molecule has 2 rings (SSSR count). The van der Waals surface area contributed by atoms with Gasteiger partial charge in [0.15, 0.2) is 0 Å². The Bertz CT molecular complexity index is 431. The molecular formula is C14H20BrClN2O. The fourth-order valence-electron chi connectivity index (χ4n) is 2.35. The van der Waals surface area contributed by atoms with E-state index in [0.717, 1.165) is 30.4 Å². The molecule has 1 amide bonds. The second kappa shape index (κ2) is 7.75. The number of carbonyl (C=O) groups is 1. The smallest absolute Gasteiger partial charge is 0.255 e. The highest BCUT2D eigenvalue weighted by molar-refractivity contribution is 9.10. The van der Waals surface area contributed by atoms with E-state index in [4.69, 9.17) is 5.73 Å². The van der Waals surface area contributed by atoms with Gasteiger partial charge in [-0.05, 0) is 31.0 Å². The van der Waals surface area contributed by atoms with E-state index in [0.29, 0.717) is 11.3 Å². The van der Waals surface area contributed by atoms with Crippen LogP contribution in [0.2, 0.25) is 0 Å². The lowest BCUT2D eigenvalue weighted by Crippen LogP contribution is -2.34. The summed E-state index contributed by atoms with van der Waals surface area (Å²) < 4.78 is 0.907. The first-order valence-corrected chi connectivity index (χ1v) is 7.32. The molecule has 2 N–H and O–H groups in total. The molecule has 3 nitrogen and oxygen atoms in total. The molecule has 1 aliphatic rings. The molecule has 1 saturated heterocycles. The van der Waals surface area contributed by atoms with Gasteiger partial charge < -0.3 is 10.6 Å². The summed E-state index contributed by atoms with van der Waals surface area (Å²) in [7, 11) is 0. The van der Waals surface area contributed by atoms with Crippen LogP contribution in [0.25, 0.3) is 0 Å². The van der Waals surface area contributed by atoms with Gasteiger partial charge >= 0.3 is 0 Å². The van der Waals surface area contributed by atoms with Crippen molar-refractivity contribution in [1.82, 2.24) is 4.90 Å². The summed E-state index contributed by atoms with van der Waals surface area (Å²) in [6, 6.07) is 5.46. The quantitative estimate of drug-likeness (QED) is 0.784. The van der Waals surface area contributed by atoms with Crippen molar-refractivity contribution in [2.24, 2.45) is 0 Å². The highest BCUT2D eigenvalue weighted by atomic mass is 79.9. The molecule has 0 aliphatic carbocycles. The van der Waals surface area contributed by atoms with E-state index in [-0.39, 0.29) is 18.3 Å². The SMILES string of the molecule is Cl.Nc1cc(Br)ccc1C(=O)N1CCCCCCC1. The number of nitrogens with two attached hydrogens (primary N) is 1. The van der Waals surface area contributed by atoms with Crippen LogP contribution in [0.5, 0.6) is 0 Å². The molecule has 0 bridgehead atoms. The van der Waals surface area contributed by atoms with Crippen molar-refractivity contribution >= 4 is 39.9 Å². The van der Waals surface area contributed by atoms with Crippen LogP contribution in [-0.2, 0) is 0 Å².